The molecular formula is C10H17NO. The standard InChI is InChI=1S/C10H17NO/c11-10-3-6-1-7(4-10)9(12)8(2-6)5-10/h6-9,12H,1-5,11H2/t6?,7?,8?,9-,10-. The lowest BCUT2D eigenvalue weighted by Gasteiger charge is -2.57. The molecule has 68 valence electrons. The quantitative estimate of drug-likeness (QED) is 0.562. The van der Waals surface area contributed by atoms with Gasteiger partial charge in [0.2, 0.25) is 0 Å². The summed E-state index contributed by atoms with van der Waals surface area (Å²) in [4.78, 5) is 0. The van der Waals surface area contributed by atoms with E-state index in [1.807, 2.05) is 0 Å². The van der Waals surface area contributed by atoms with Gasteiger partial charge in [0.25, 0.3) is 0 Å². The molecule has 2 heteroatoms. The van der Waals surface area contributed by atoms with E-state index in [9.17, 15) is 5.11 Å². The molecule has 0 aromatic heterocycles. The highest BCUT2D eigenvalue weighted by Gasteiger charge is 2.53. The molecule has 4 aliphatic rings. The molecule has 0 aromatic carbocycles. The van der Waals surface area contributed by atoms with E-state index in [-0.39, 0.29) is 11.6 Å². The Bertz CT molecular complexity index is 200. The number of hydrogen-bond acceptors (Lipinski definition) is 2. The van der Waals surface area contributed by atoms with Crippen LogP contribution in [0.25, 0.3) is 0 Å². The van der Waals surface area contributed by atoms with Crippen LogP contribution in [0.5, 0.6) is 0 Å². The van der Waals surface area contributed by atoms with Crippen molar-refractivity contribution in [2.75, 3.05) is 0 Å². The van der Waals surface area contributed by atoms with Crippen molar-refractivity contribution in [1.29, 1.82) is 0 Å². The van der Waals surface area contributed by atoms with E-state index in [0.29, 0.717) is 11.8 Å². The maximum atomic E-state index is 9.89. The third-order valence-corrected chi connectivity index (χ3v) is 4.27. The molecule has 0 saturated heterocycles. The molecule has 0 aliphatic heterocycles. The zero-order valence-corrected chi connectivity index (χ0v) is 7.37. The predicted molar refractivity (Wildman–Crippen MR) is 46.5 cm³/mol. The molecule has 4 rings (SSSR count). The van der Waals surface area contributed by atoms with E-state index >= 15 is 0 Å². The second-order valence-corrected chi connectivity index (χ2v) is 5.32. The van der Waals surface area contributed by atoms with Crippen LogP contribution in [0.3, 0.4) is 0 Å². The fourth-order valence-corrected chi connectivity index (χ4v) is 4.06. The average Bonchev–Trinajstić information content (AvgIpc) is 1.96. The van der Waals surface area contributed by atoms with Crippen molar-refractivity contribution in [2.24, 2.45) is 23.5 Å². The third kappa shape index (κ3) is 0.826. The van der Waals surface area contributed by atoms with Crippen molar-refractivity contribution in [3.63, 3.8) is 0 Å². The molecule has 0 spiro atoms. The third-order valence-electron chi connectivity index (χ3n) is 4.27. The summed E-state index contributed by atoms with van der Waals surface area (Å²) in [5.74, 6) is 1.93. The van der Waals surface area contributed by atoms with E-state index in [0.717, 1.165) is 18.8 Å². The zero-order valence-electron chi connectivity index (χ0n) is 7.37. The molecule has 2 atom stereocenters. The van der Waals surface area contributed by atoms with Crippen molar-refractivity contribution in [3.8, 4) is 0 Å². The smallest absolute Gasteiger partial charge is 0.0598 e. The molecule has 4 aliphatic carbocycles. The molecule has 4 bridgehead atoms. The van der Waals surface area contributed by atoms with Gasteiger partial charge in [-0.2, -0.15) is 0 Å². The van der Waals surface area contributed by atoms with Gasteiger partial charge in [-0.3, -0.25) is 0 Å². The van der Waals surface area contributed by atoms with Crippen LogP contribution in [0.2, 0.25) is 0 Å². The molecule has 12 heavy (non-hydrogen) atoms. The lowest BCUT2D eigenvalue weighted by Crippen LogP contribution is -2.60. The van der Waals surface area contributed by atoms with E-state index in [4.69, 9.17) is 5.73 Å². The van der Waals surface area contributed by atoms with Gasteiger partial charge in [0.05, 0.1) is 6.10 Å². The molecule has 0 amide bonds. The van der Waals surface area contributed by atoms with Crippen LogP contribution in [0.1, 0.15) is 32.1 Å². The van der Waals surface area contributed by atoms with Crippen LogP contribution in [0, 0.1) is 17.8 Å². The molecule has 0 heterocycles. The Labute approximate surface area is 73.1 Å². The summed E-state index contributed by atoms with van der Waals surface area (Å²) in [6.45, 7) is 0. The average molecular weight is 167 g/mol. The number of aliphatic hydroxyl groups excluding tert-OH is 1. The van der Waals surface area contributed by atoms with Gasteiger partial charge in [0.15, 0.2) is 0 Å². The van der Waals surface area contributed by atoms with Gasteiger partial charge in [0, 0.05) is 5.54 Å². The summed E-state index contributed by atoms with van der Waals surface area (Å²) >= 11 is 0. The Kier molecular flexibility index (Phi) is 1.25. The number of hydrogen-bond donors (Lipinski definition) is 2. The Balaban J connectivity index is 1.95. The van der Waals surface area contributed by atoms with Crippen LogP contribution in [-0.2, 0) is 0 Å². The second kappa shape index (κ2) is 2.05. The maximum absolute atomic E-state index is 9.89. The maximum Gasteiger partial charge on any atom is 0.0598 e. The van der Waals surface area contributed by atoms with Gasteiger partial charge in [-0.1, -0.05) is 0 Å². The molecule has 2 unspecified atom stereocenters. The zero-order chi connectivity index (χ0) is 8.34. The highest BCUT2D eigenvalue weighted by Crippen LogP contribution is 2.54. The van der Waals surface area contributed by atoms with Crippen LogP contribution in [0.4, 0.5) is 0 Å². The SMILES string of the molecule is N[C@]12CC3CC(C1)[C@@H](O)C(C3)C2. The summed E-state index contributed by atoms with van der Waals surface area (Å²) in [6.07, 6.45) is 5.88. The van der Waals surface area contributed by atoms with Crippen molar-refractivity contribution in [1.82, 2.24) is 0 Å². The van der Waals surface area contributed by atoms with Gasteiger partial charge < -0.3 is 10.8 Å². The minimum Gasteiger partial charge on any atom is -0.393 e. The van der Waals surface area contributed by atoms with Crippen molar-refractivity contribution < 1.29 is 5.11 Å². The van der Waals surface area contributed by atoms with Gasteiger partial charge >= 0.3 is 0 Å². The van der Waals surface area contributed by atoms with Crippen molar-refractivity contribution in [3.05, 3.63) is 0 Å². The first-order valence-electron chi connectivity index (χ1n) is 5.13. The summed E-state index contributed by atoms with van der Waals surface area (Å²) in [5, 5.41) is 9.89. The van der Waals surface area contributed by atoms with Gasteiger partial charge in [0.1, 0.15) is 0 Å². The Morgan fingerprint density at radius 3 is 2.17 bits per heavy atom. The topological polar surface area (TPSA) is 46.2 Å². The van der Waals surface area contributed by atoms with Gasteiger partial charge in [-0.15, -0.1) is 0 Å². The van der Waals surface area contributed by atoms with Crippen molar-refractivity contribution >= 4 is 0 Å². The lowest BCUT2D eigenvalue weighted by molar-refractivity contribution is -0.102. The van der Waals surface area contributed by atoms with E-state index < -0.39 is 0 Å². The Morgan fingerprint density at radius 1 is 1.08 bits per heavy atom. The van der Waals surface area contributed by atoms with Crippen LogP contribution < -0.4 is 5.73 Å². The van der Waals surface area contributed by atoms with Crippen molar-refractivity contribution in [2.45, 2.75) is 43.7 Å². The Morgan fingerprint density at radius 2 is 1.67 bits per heavy atom. The number of nitrogens with two attached hydrogens (primary N) is 1. The van der Waals surface area contributed by atoms with E-state index in [2.05, 4.69) is 0 Å². The minimum absolute atomic E-state index is 0.0155. The number of rotatable bonds is 0. The minimum atomic E-state index is -0.0155. The molecule has 0 aromatic rings. The van der Waals surface area contributed by atoms with E-state index in [1.54, 1.807) is 0 Å². The van der Waals surface area contributed by atoms with Crippen LogP contribution in [-0.4, -0.2) is 16.7 Å². The highest BCUT2D eigenvalue weighted by molar-refractivity contribution is 5.07. The second-order valence-electron chi connectivity index (χ2n) is 5.32. The first-order chi connectivity index (χ1) is 5.66. The number of aliphatic hydroxyl groups is 1. The molecule has 4 fully saturated rings. The first-order valence-corrected chi connectivity index (χ1v) is 5.13. The molecule has 4 saturated carbocycles. The lowest BCUT2D eigenvalue weighted by atomic mass is 9.52. The summed E-state index contributed by atoms with van der Waals surface area (Å²) < 4.78 is 0. The Hall–Kier alpha value is -0.0800. The van der Waals surface area contributed by atoms with Crippen LogP contribution in [0.15, 0.2) is 0 Å². The monoisotopic (exact) mass is 167 g/mol. The predicted octanol–water partition coefficient (Wildman–Crippen LogP) is 0.885. The molecule has 0 radical (unpaired) electrons. The fraction of sp³-hybridized carbons (Fsp3) is 1.00. The summed E-state index contributed by atoms with van der Waals surface area (Å²) in [6, 6.07) is 0. The molecule has 3 N–H and O–H groups in total. The van der Waals surface area contributed by atoms with Gasteiger partial charge in [-0.25, -0.2) is 0 Å². The normalized spacial score (nSPS) is 62.5. The molecule has 2 nitrogen and oxygen atoms in total. The largest absolute Gasteiger partial charge is 0.393 e. The first kappa shape index (κ1) is 7.34. The summed E-state index contributed by atoms with van der Waals surface area (Å²) in [7, 11) is 0. The van der Waals surface area contributed by atoms with E-state index in [1.165, 1.54) is 19.3 Å². The highest BCUT2D eigenvalue weighted by atomic mass is 16.3. The molecular weight excluding hydrogens is 150 g/mol. The summed E-state index contributed by atoms with van der Waals surface area (Å²) in [5.41, 5.74) is 6.39. The fourth-order valence-electron chi connectivity index (χ4n) is 4.06. The van der Waals surface area contributed by atoms with Crippen LogP contribution >= 0.6 is 0 Å². The van der Waals surface area contributed by atoms with Gasteiger partial charge in [-0.05, 0) is 49.9 Å².